The van der Waals surface area contributed by atoms with Crippen LogP contribution in [-0.4, -0.2) is 26.8 Å². The minimum Gasteiger partial charge on any atom is -0.389 e. The van der Waals surface area contributed by atoms with Crippen molar-refractivity contribution in [3.05, 3.63) is 42.1 Å². The number of hydrogen-bond donors (Lipinski definition) is 2. The van der Waals surface area contributed by atoms with E-state index >= 15 is 0 Å². The molecule has 90 valence electrons. The van der Waals surface area contributed by atoms with Crippen molar-refractivity contribution in [2.24, 2.45) is 0 Å². The first-order valence-corrected chi connectivity index (χ1v) is 6.27. The fourth-order valence-corrected chi connectivity index (χ4v) is 1.87. The quantitative estimate of drug-likeness (QED) is 0.849. The van der Waals surface area contributed by atoms with Crippen LogP contribution in [0.15, 0.2) is 41.1 Å². The van der Waals surface area contributed by atoms with Crippen LogP contribution in [-0.2, 0) is 0 Å². The van der Waals surface area contributed by atoms with Gasteiger partial charge in [-0.1, -0.05) is 45.4 Å². The van der Waals surface area contributed by atoms with Crippen molar-refractivity contribution in [1.29, 1.82) is 0 Å². The summed E-state index contributed by atoms with van der Waals surface area (Å²) < 4.78 is 5.02. The van der Waals surface area contributed by atoms with E-state index in [1.54, 1.807) is 24.4 Å². The lowest BCUT2D eigenvalue weighted by molar-refractivity contribution is 0.0343. The highest BCUT2D eigenvalue weighted by Crippen LogP contribution is 2.23. The Bertz CT molecular complexity index is 455. The number of alkyl halides is 1. The summed E-state index contributed by atoms with van der Waals surface area (Å²) in [5, 5.41) is 23.3. The van der Waals surface area contributed by atoms with Crippen LogP contribution in [0.5, 0.6) is 0 Å². The molecule has 0 fully saturated rings. The predicted molar refractivity (Wildman–Crippen MR) is 66.7 cm³/mol. The van der Waals surface area contributed by atoms with Crippen LogP contribution in [0.1, 0.15) is 11.7 Å². The van der Waals surface area contributed by atoms with E-state index in [1.807, 2.05) is 12.1 Å². The van der Waals surface area contributed by atoms with Crippen molar-refractivity contribution in [3.63, 3.8) is 0 Å². The molecule has 1 heterocycles. The highest BCUT2D eigenvalue weighted by atomic mass is 79.9. The Labute approximate surface area is 107 Å². The van der Waals surface area contributed by atoms with Crippen LogP contribution < -0.4 is 0 Å². The maximum atomic E-state index is 9.79. The van der Waals surface area contributed by atoms with Crippen molar-refractivity contribution in [3.8, 4) is 11.3 Å². The van der Waals surface area contributed by atoms with Crippen molar-refractivity contribution in [2.75, 3.05) is 5.33 Å². The van der Waals surface area contributed by atoms with Gasteiger partial charge in [-0.2, -0.15) is 0 Å². The third-order valence-electron chi connectivity index (χ3n) is 2.50. The standard InChI is InChI=1S/C12H12BrNO3/c13-7-10(15)12(16)9-3-1-8(2-4-9)11-5-6-14-17-11/h1-6,10,12,15-16H,7H2. The van der Waals surface area contributed by atoms with E-state index in [9.17, 15) is 10.2 Å². The lowest BCUT2D eigenvalue weighted by Crippen LogP contribution is -2.19. The summed E-state index contributed by atoms with van der Waals surface area (Å²) in [6, 6.07) is 8.92. The fourth-order valence-electron chi connectivity index (χ4n) is 1.52. The molecular weight excluding hydrogens is 286 g/mol. The van der Waals surface area contributed by atoms with Crippen molar-refractivity contribution < 1.29 is 14.7 Å². The molecule has 0 aliphatic rings. The van der Waals surface area contributed by atoms with Gasteiger partial charge in [-0.25, -0.2) is 0 Å². The van der Waals surface area contributed by atoms with Crippen LogP contribution in [0.4, 0.5) is 0 Å². The summed E-state index contributed by atoms with van der Waals surface area (Å²) in [6.45, 7) is 0. The average Bonchev–Trinajstić information content (AvgIpc) is 2.91. The molecular formula is C12H12BrNO3. The van der Waals surface area contributed by atoms with E-state index in [2.05, 4.69) is 21.1 Å². The van der Waals surface area contributed by atoms with Gasteiger partial charge in [-0.3, -0.25) is 0 Å². The molecule has 1 aromatic heterocycles. The van der Waals surface area contributed by atoms with Gasteiger partial charge in [0.05, 0.1) is 12.3 Å². The summed E-state index contributed by atoms with van der Waals surface area (Å²) in [7, 11) is 0. The van der Waals surface area contributed by atoms with E-state index in [0.717, 1.165) is 5.56 Å². The Hall–Kier alpha value is -1.17. The molecule has 2 unspecified atom stereocenters. The molecule has 2 atom stereocenters. The van der Waals surface area contributed by atoms with Gasteiger partial charge >= 0.3 is 0 Å². The molecule has 1 aromatic carbocycles. The molecule has 2 aromatic rings. The lowest BCUT2D eigenvalue weighted by atomic mass is 10.0. The Kier molecular flexibility index (Phi) is 3.93. The summed E-state index contributed by atoms with van der Waals surface area (Å²) in [4.78, 5) is 0. The minimum absolute atomic E-state index is 0.331. The zero-order valence-corrected chi connectivity index (χ0v) is 10.5. The van der Waals surface area contributed by atoms with Crippen LogP contribution in [0.2, 0.25) is 0 Å². The molecule has 0 aliphatic carbocycles. The second-order valence-corrected chi connectivity index (χ2v) is 4.31. The molecule has 0 saturated carbocycles. The summed E-state index contributed by atoms with van der Waals surface area (Å²) in [5.74, 6) is 0.673. The van der Waals surface area contributed by atoms with Crippen LogP contribution in [0.25, 0.3) is 11.3 Å². The van der Waals surface area contributed by atoms with Gasteiger partial charge in [-0.15, -0.1) is 0 Å². The molecule has 0 spiro atoms. The number of aliphatic hydroxyl groups is 2. The zero-order valence-electron chi connectivity index (χ0n) is 8.95. The maximum Gasteiger partial charge on any atom is 0.166 e. The highest BCUT2D eigenvalue weighted by Gasteiger charge is 2.17. The normalized spacial score (nSPS) is 14.5. The highest BCUT2D eigenvalue weighted by molar-refractivity contribution is 9.09. The monoisotopic (exact) mass is 297 g/mol. The molecule has 0 aliphatic heterocycles. The Morgan fingerprint density at radius 2 is 1.88 bits per heavy atom. The second-order valence-electron chi connectivity index (χ2n) is 3.67. The number of halogens is 1. The van der Waals surface area contributed by atoms with Crippen molar-refractivity contribution in [1.82, 2.24) is 5.16 Å². The predicted octanol–water partition coefficient (Wildman–Crippen LogP) is 2.13. The number of nitrogens with zero attached hydrogens (tertiary/aromatic N) is 1. The smallest absolute Gasteiger partial charge is 0.166 e. The van der Waals surface area contributed by atoms with Gasteiger partial charge in [0.15, 0.2) is 5.76 Å². The number of rotatable bonds is 4. The second kappa shape index (κ2) is 5.44. The van der Waals surface area contributed by atoms with Crippen molar-refractivity contribution in [2.45, 2.75) is 12.2 Å². The van der Waals surface area contributed by atoms with Gasteiger partial charge in [0, 0.05) is 17.0 Å². The summed E-state index contributed by atoms with van der Waals surface area (Å²) in [5.41, 5.74) is 1.55. The van der Waals surface area contributed by atoms with Crippen LogP contribution >= 0.6 is 15.9 Å². The topological polar surface area (TPSA) is 66.5 Å². The van der Waals surface area contributed by atoms with Gasteiger partial charge in [-0.05, 0) is 5.56 Å². The van der Waals surface area contributed by atoms with E-state index in [0.29, 0.717) is 16.7 Å². The van der Waals surface area contributed by atoms with E-state index in [1.165, 1.54) is 0 Å². The van der Waals surface area contributed by atoms with Gasteiger partial charge < -0.3 is 14.7 Å². The summed E-state index contributed by atoms with van der Waals surface area (Å²) >= 11 is 3.13. The molecule has 0 bridgehead atoms. The third kappa shape index (κ3) is 2.74. The third-order valence-corrected chi connectivity index (χ3v) is 3.16. The van der Waals surface area contributed by atoms with Crippen molar-refractivity contribution >= 4 is 15.9 Å². The lowest BCUT2D eigenvalue weighted by Gasteiger charge is -2.15. The molecule has 0 amide bonds. The number of aliphatic hydroxyl groups excluding tert-OH is 2. The zero-order chi connectivity index (χ0) is 12.3. The minimum atomic E-state index is -0.891. The van der Waals surface area contributed by atoms with E-state index in [-0.39, 0.29) is 0 Å². The Morgan fingerprint density at radius 3 is 2.41 bits per heavy atom. The first-order chi connectivity index (χ1) is 8.22. The maximum absolute atomic E-state index is 9.79. The van der Waals surface area contributed by atoms with Crippen LogP contribution in [0, 0.1) is 0 Å². The van der Waals surface area contributed by atoms with Crippen LogP contribution in [0.3, 0.4) is 0 Å². The Morgan fingerprint density at radius 1 is 1.18 bits per heavy atom. The molecule has 2 N–H and O–H groups in total. The largest absolute Gasteiger partial charge is 0.389 e. The van der Waals surface area contributed by atoms with Gasteiger partial charge in [0.1, 0.15) is 6.10 Å². The molecule has 4 nitrogen and oxygen atoms in total. The first-order valence-electron chi connectivity index (χ1n) is 5.15. The molecule has 5 heteroatoms. The first kappa shape index (κ1) is 12.3. The SMILES string of the molecule is OC(CBr)C(O)c1ccc(-c2ccno2)cc1. The molecule has 0 saturated heterocycles. The number of aromatic nitrogens is 1. The number of hydrogen-bond acceptors (Lipinski definition) is 4. The molecule has 0 radical (unpaired) electrons. The molecule has 2 rings (SSSR count). The Balaban J connectivity index is 2.18. The number of benzene rings is 1. The van der Waals surface area contributed by atoms with Gasteiger partial charge in [0.25, 0.3) is 0 Å². The van der Waals surface area contributed by atoms with E-state index in [4.69, 9.17) is 4.52 Å². The average molecular weight is 298 g/mol. The van der Waals surface area contributed by atoms with E-state index < -0.39 is 12.2 Å². The fraction of sp³-hybridized carbons (Fsp3) is 0.250. The summed E-state index contributed by atoms with van der Waals surface area (Å²) in [6.07, 6.45) is -0.128. The van der Waals surface area contributed by atoms with Gasteiger partial charge in [0.2, 0.25) is 0 Å². The molecule has 17 heavy (non-hydrogen) atoms.